The first-order chi connectivity index (χ1) is 14.5. The van der Waals surface area contributed by atoms with Gasteiger partial charge in [0.2, 0.25) is 0 Å². The van der Waals surface area contributed by atoms with E-state index in [2.05, 4.69) is 21.2 Å². The average Bonchev–Trinajstić information content (AvgIpc) is 2.74. The van der Waals surface area contributed by atoms with Crippen molar-refractivity contribution in [1.29, 1.82) is 0 Å². The van der Waals surface area contributed by atoms with Crippen LogP contribution in [0.3, 0.4) is 0 Å². The maximum atomic E-state index is 12.9. The van der Waals surface area contributed by atoms with Crippen LogP contribution in [0.15, 0.2) is 77.3 Å². The molecule has 0 saturated carbocycles. The molecule has 0 spiro atoms. The van der Waals surface area contributed by atoms with E-state index in [1.165, 1.54) is 12.1 Å². The van der Waals surface area contributed by atoms with E-state index in [1.54, 1.807) is 24.3 Å². The van der Waals surface area contributed by atoms with Crippen molar-refractivity contribution in [1.82, 2.24) is 0 Å². The first-order valence-electron chi connectivity index (χ1n) is 9.49. The molecule has 0 amide bonds. The van der Waals surface area contributed by atoms with Gasteiger partial charge in [-0.2, -0.15) is 0 Å². The normalized spacial score (nSPS) is 11.5. The number of ether oxygens (including phenoxy) is 1. The van der Waals surface area contributed by atoms with Gasteiger partial charge < -0.3 is 10.1 Å². The topological polar surface area (TPSA) is 81.5 Å². The van der Waals surface area contributed by atoms with Crippen LogP contribution in [-0.2, 0) is 0 Å². The molecule has 0 aromatic heterocycles. The molecule has 1 atom stereocenters. The third kappa shape index (κ3) is 5.67. The van der Waals surface area contributed by atoms with E-state index in [9.17, 15) is 14.9 Å². The Labute approximate surface area is 183 Å². The summed E-state index contributed by atoms with van der Waals surface area (Å²) in [6.45, 7) is 2.48. The van der Waals surface area contributed by atoms with E-state index in [4.69, 9.17) is 4.74 Å². The van der Waals surface area contributed by atoms with Crippen molar-refractivity contribution in [3.05, 3.63) is 98.5 Å². The highest BCUT2D eigenvalue weighted by Crippen LogP contribution is 2.28. The molecule has 0 bridgehead atoms. The third-order valence-electron chi connectivity index (χ3n) is 4.55. The molecule has 3 rings (SSSR count). The Balaban J connectivity index is 1.87. The average molecular weight is 469 g/mol. The van der Waals surface area contributed by atoms with Crippen molar-refractivity contribution in [2.75, 3.05) is 11.9 Å². The molecule has 3 aromatic carbocycles. The summed E-state index contributed by atoms with van der Waals surface area (Å²) in [7, 11) is 0. The summed E-state index contributed by atoms with van der Waals surface area (Å²) in [5.41, 5.74) is 2.06. The molecule has 0 saturated heterocycles. The fraction of sp³-hybridized carbons (Fsp3) is 0.174. The van der Waals surface area contributed by atoms with Gasteiger partial charge in [0.25, 0.3) is 5.69 Å². The van der Waals surface area contributed by atoms with Gasteiger partial charge in [0, 0.05) is 34.3 Å². The van der Waals surface area contributed by atoms with Gasteiger partial charge in [-0.05, 0) is 42.8 Å². The second-order valence-corrected chi connectivity index (χ2v) is 7.56. The molecule has 7 heteroatoms. The predicted octanol–water partition coefficient (Wildman–Crippen LogP) is 6.18. The number of rotatable bonds is 9. The summed E-state index contributed by atoms with van der Waals surface area (Å²) in [4.78, 5) is 23.5. The third-order valence-corrected chi connectivity index (χ3v) is 5.08. The van der Waals surface area contributed by atoms with Crippen LogP contribution in [0.4, 0.5) is 11.4 Å². The molecule has 3 aromatic rings. The maximum absolute atomic E-state index is 12.9. The first-order valence-corrected chi connectivity index (χ1v) is 10.3. The molecular formula is C23H21BrN2O4. The van der Waals surface area contributed by atoms with Crippen molar-refractivity contribution < 1.29 is 14.5 Å². The number of nitro benzene ring substituents is 1. The minimum Gasteiger partial charge on any atom is -0.494 e. The SMILES string of the molecule is CCOc1ccc(C(CC(=O)c2ccc(Br)cc2)Nc2cccc([N+](=O)[O-])c2)cc1. The summed E-state index contributed by atoms with van der Waals surface area (Å²) in [5.74, 6) is 0.717. The number of nitrogens with zero attached hydrogens (tertiary/aromatic N) is 1. The summed E-state index contributed by atoms with van der Waals surface area (Å²) in [6.07, 6.45) is 0.193. The van der Waals surface area contributed by atoms with Crippen LogP contribution in [0.1, 0.15) is 35.3 Å². The van der Waals surface area contributed by atoms with Crippen molar-refractivity contribution in [3.63, 3.8) is 0 Å². The lowest BCUT2D eigenvalue weighted by Crippen LogP contribution is -2.16. The molecule has 1 N–H and O–H groups in total. The highest BCUT2D eigenvalue weighted by Gasteiger charge is 2.19. The van der Waals surface area contributed by atoms with Crippen LogP contribution in [0.25, 0.3) is 0 Å². The number of halogens is 1. The van der Waals surface area contributed by atoms with Crippen molar-refractivity contribution in [2.45, 2.75) is 19.4 Å². The van der Waals surface area contributed by atoms with Gasteiger partial charge in [0.15, 0.2) is 5.78 Å². The standard InChI is InChI=1S/C23H21BrN2O4/c1-2-30-21-12-8-16(9-13-21)22(15-23(27)17-6-10-18(24)11-7-17)25-19-4-3-5-20(14-19)26(28)29/h3-14,22,25H,2,15H2,1H3. The Morgan fingerprint density at radius 3 is 2.43 bits per heavy atom. The Morgan fingerprint density at radius 2 is 1.80 bits per heavy atom. The fourth-order valence-electron chi connectivity index (χ4n) is 3.06. The minimum atomic E-state index is -0.440. The highest BCUT2D eigenvalue weighted by molar-refractivity contribution is 9.10. The van der Waals surface area contributed by atoms with Crippen LogP contribution in [0, 0.1) is 10.1 Å². The number of carbonyl (C=O) groups excluding carboxylic acids is 1. The number of carbonyl (C=O) groups is 1. The van der Waals surface area contributed by atoms with Gasteiger partial charge in [-0.15, -0.1) is 0 Å². The lowest BCUT2D eigenvalue weighted by atomic mass is 9.97. The second kappa shape index (κ2) is 10.0. The second-order valence-electron chi connectivity index (χ2n) is 6.64. The van der Waals surface area contributed by atoms with Gasteiger partial charge in [0.1, 0.15) is 5.75 Å². The van der Waals surface area contributed by atoms with E-state index in [-0.39, 0.29) is 23.9 Å². The number of nitrogens with one attached hydrogen (secondary N) is 1. The Morgan fingerprint density at radius 1 is 1.10 bits per heavy atom. The Hall–Kier alpha value is -3.19. The van der Waals surface area contributed by atoms with Crippen LogP contribution in [-0.4, -0.2) is 17.3 Å². The zero-order valence-corrected chi connectivity index (χ0v) is 18.0. The Kier molecular flexibility index (Phi) is 7.19. The van der Waals surface area contributed by atoms with Crippen LogP contribution in [0.5, 0.6) is 5.75 Å². The van der Waals surface area contributed by atoms with Crippen molar-refractivity contribution in [2.24, 2.45) is 0 Å². The largest absolute Gasteiger partial charge is 0.494 e. The van der Waals surface area contributed by atoms with E-state index >= 15 is 0 Å². The van der Waals surface area contributed by atoms with Crippen molar-refractivity contribution in [3.8, 4) is 5.75 Å². The Bertz CT molecular complexity index is 1020. The summed E-state index contributed by atoms with van der Waals surface area (Å²) < 4.78 is 6.40. The number of hydrogen-bond acceptors (Lipinski definition) is 5. The van der Waals surface area contributed by atoms with E-state index < -0.39 is 4.92 Å². The molecule has 0 fully saturated rings. The zero-order chi connectivity index (χ0) is 21.5. The van der Waals surface area contributed by atoms with E-state index in [0.29, 0.717) is 17.9 Å². The van der Waals surface area contributed by atoms with Gasteiger partial charge in [-0.25, -0.2) is 0 Å². The monoisotopic (exact) mass is 468 g/mol. The summed E-state index contributed by atoms with van der Waals surface area (Å²) in [6, 6.07) is 20.6. The number of anilines is 1. The van der Waals surface area contributed by atoms with Crippen LogP contribution < -0.4 is 10.1 Å². The van der Waals surface area contributed by atoms with Gasteiger partial charge in [-0.1, -0.05) is 46.3 Å². The van der Waals surface area contributed by atoms with Crippen LogP contribution in [0.2, 0.25) is 0 Å². The molecular weight excluding hydrogens is 448 g/mol. The fourth-order valence-corrected chi connectivity index (χ4v) is 3.33. The summed E-state index contributed by atoms with van der Waals surface area (Å²) in [5, 5.41) is 14.4. The van der Waals surface area contributed by atoms with Crippen molar-refractivity contribution >= 4 is 33.1 Å². The molecule has 6 nitrogen and oxygen atoms in total. The molecule has 0 aliphatic rings. The smallest absolute Gasteiger partial charge is 0.271 e. The molecule has 0 aliphatic heterocycles. The number of nitro groups is 1. The van der Waals surface area contributed by atoms with Gasteiger partial charge in [0.05, 0.1) is 17.6 Å². The highest BCUT2D eigenvalue weighted by atomic mass is 79.9. The number of non-ortho nitro benzene ring substituents is 1. The van der Waals surface area contributed by atoms with Crippen LogP contribution >= 0.6 is 15.9 Å². The number of benzene rings is 3. The maximum Gasteiger partial charge on any atom is 0.271 e. The molecule has 0 heterocycles. The van der Waals surface area contributed by atoms with E-state index in [0.717, 1.165) is 15.8 Å². The van der Waals surface area contributed by atoms with Gasteiger partial charge in [-0.3, -0.25) is 14.9 Å². The quantitative estimate of drug-likeness (QED) is 0.230. The lowest BCUT2D eigenvalue weighted by molar-refractivity contribution is -0.384. The number of ketones is 1. The lowest BCUT2D eigenvalue weighted by Gasteiger charge is -2.20. The molecule has 30 heavy (non-hydrogen) atoms. The molecule has 1 unspecified atom stereocenters. The molecule has 154 valence electrons. The number of Topliss-reactive ketones (excluding diaryl/α,β-unsaturated/α-hetero) is 1. The zero-order valence-electron chi connectivity index (χ0n) is 16.4. The molecule has 0 radical (unpaired) electrons. The first kappa shape index (κ1) is 21.5. The predicted molar refractivity (Wildman–Crippen MR) is 120 cm³/mol. The molecule has 0 aliphatic carbocycles. The minimum absolute atomic E-state index is 0.00956. The number of hydrogen-bond donors (Lipinski definition) is 1. The summed E-state index contributed by atoms with van der Waals surface area (Å²) >= 11 is 3.37. The van der Waals surface area contributed by atoms with Gasteiger partial charge >= 0.3 is 0 Å². The van der Waals surface area contributed by atoms with E-state index in [1.807, 2.05) is 43.3 Å².